The van der Waals surface area contributed by atoms with Crippen molar-refractivity contribution in [3.05, 3.63) is 33.9 Å². The van der Waals surface area contributed by atoms with E-state index in [1.54, 1.807) is 13.1 Å². The fraction of sp³-hybridized carbons (Fsp3) is 0.500. The second kappa shape index (κ2) is 5.48. The van der Waals surface area contributed by atoms with Gasteiger partial charge in [-0.05, 0) is 30.4 Å². The van der Waals surface area contributed by atoms with Gasteiger partial charge in [0.2, 0.25) is 0 Å². The number of amides is 1. The largest absolute Gasteiger partial charge is 0.388 e. The first kappa shape index (κ1) is 14.3. The maximum absolute atomic E-state index is 12.2. The van der Waals surface area contributed by atoms with Crippen molar-refractivity contribution in [3.8, 4) is 0 Å². The van der Waals surface area contributed by atoms with Gasteiger partial charge in [-0.2, -0.15) is 0 Å². The highest BCUT2D eigenvalue weighted by molar-refractivity contribution is 5.99. The van der Waals surface area contributed by atoms with Crippen LogP contribution in [0.3, 0.4) is 0 Å². The number of benzene rings is 1. The molecule has 1 amide bonds. The third-order valence-electron chi connectivity index (χ3n) is 3.96. The fourth-order valence-electron chi connectivity index (χ4n) is 2.38. The molecule has 1 aromatic rings. The summed E-state index contributed by atoms with van der Waals surface area (Å²) in [7, 11) is 1.71. The highest BCUT2D eigenvalue weighted by Crippen LogP contribution is 2.39. The first-order valence-corrected chi connectivity index (χ1v) is 6.70. The van der Waals surface area contributed by atoms with E-state index in [0.29, 0.717) is 12.2 Å². The van der Waals surface area contributed by atoms with E-state index in [4.69, 9.17) is 0 Å². The van der Waals surface area contributed by atoms with Crippen LogP contribution in [0.2, 0.25) is 0 Å². The number of hydrogen-bond donors (Lipinski definition) is 2. The SMILES string of the molecule is CNc1ccc([N+](=O)[O-])c(C(=O)NCC2(C)CCC2)c1. The lowest BCUT2D eigenvalue weighted by molar-refractivity contribution is -0.385. The predicted octanol–water partition coefficient (Wildman–Crippen LogP) is 2.56. The molecule has 1 aliphatic rings. The molecule has 2 rings (SSSR count). The normalized spacial score (nSPS) is 16.1. The van der Waals surface area contributed by atoms with Gasteiger partial charge in [0, 0.05) is 25.3 Å². The topological polar surface area (TPSA) is 84.3 Å². The summed E-state index contributed by atoms with van der Waals surface area (Å²) < 4.78 is 0. The van der Waals surface area contributed by atoms with E-state index < -0.39 is 4.92 Å². The summed E-state index contributed by atoms with van der Waals surface area (Å²) in [6, 6.07) is 4.45. The van der Waals surface area contributed by atoms with E-state index >= 15 is 0 Å². The standard InChI is InChI=1S/C14H19N3O3/c1-14(6-3-7-14)9-16-13(18)11-8-10(15-2)4-5-12(11)17(19)20/h4-5,8,15H,3,6-7,9H2,1-2H3,(H,16,18). The van der Waals surface area contributed by atoms with Crippen LogP contribution in [-0.2, 0) is 0 Å². The maximum atomic E-state index is 12.2. The molecule has 0 heterocycles. The molecule has 6 nitrogen and oxygen atoms in total. The van der Waals surface area contributed by atoms with E-state index in [1.807, 2.05) is 0 Å². The van der Waals surface area contributed by atoms with Crippen LogP contribution in [0.5, 0.6) is 0 Å². The van der Waals surface area contributed by atoms with Gasteiger partial charge >= 0.3 is 0 Å². The zero-order valence-electron chi connectivity index (χ0n) is 11.7. The maximum Gasteiger partial charge on any atom is 0.282 e. The van der Waals surface area contributed by atoms with E-state index in [2.05, 4.69) is 17.6 Å². The van der Waals surface area contributed by atoms with E-state index in [0.717, 1.165) is 12.8 Å². The van der Waals surface area contributed by atoms with Gasteiger partial charge in [0.05, 0.1) is 4.92 Å². The lowest BCUT2D eigenvalue weighted by Gasteiger charge is -2.38. The van der Waals surface area contributed by atoms with Crippen LogP contribution in [0.4, 0.5) is 11.4 Å². The van der Waals surface area contributed by atoms with E-state index in [-0.39, 0.29) is 22.6 Å². The Hall–Kier alpha value is -2.11. The van der Waals surface area contributed by atoms with Crippen molar-refractivity contribution in [1.29, 1.82) is 0 Å². The second-order valence-electron chi connectivity index (χ2n) is 5.59. The molecule has 0 atom stereocenters. The van der Waals surface area contributed by atoms with Gasteiger partial charge in [-0.1, -0.05) is 13.3 Å². The van der Waals surface area contributed by atoms with Crippen LogP contribution in [0.15, 0.2) is 18.2 Å². The molecule has 1 saturated carbocycles. The molecule has 0 aliphatic heterocycles. The summed E-state index contributed by atoms with van der Waals surface area (Å²) in [5.74, 6) is -0.387. The van der Waals surface area contributed by atoms with Crippen molar-refractivity contribution in [1.82, 2.24) is 5.32 Å². The van der Waals surface area contributed by atoms with Crippen molar-refractivity contribution in [2.75, 3.05) is 18.9 Å². The first-order valence-electron chi connectivity index (χ1n) is 6.70. The molecule has 1 fully saturated rings. The van der Waals surface area contributed by atoms with Crippen molar-refractivity contribution >= 4 is 17.3 Å². The predicted molar refractivity (Wildman–Crippen MR) is 76.9 cm³/mol. The van der Waals surface area contributed by atoms with Gasteiger partial charge < -0.3 is 10.6 Å². The van der Waals surface area contributed by atoms with Crippen molar-refractivity contribution in [2.24, 2.45) is 5.41 Å². The molecular weight excluding hydrogens is 258 g/mol. The molecule has 108 valence electrons. The number of carbonyl (C=O) groups is 1. The Bertz CT molecular complexity index is 538. The lowest BCUT2D eigenvalue weighted by Crippen LogP contribution is -2.40. The third-order valence-corrected chi connectivity index (χ3v) is 3.96. The molecule has 2 N–H and O–H groups in total. The van der Waals surface area contributed by atoms with Gasteiger partial charge in [-0.25, -0.2) is 0 Å². The van der Waals surface area contributed by atoms with Crippen molar-refractivity contribution < 1.29 is 9.72 Å². The summed E-state index contributed by atoms with van der Waals surface area (Å²) in [5, 5.41) is 16.7. The number of nitrogens with one attached hydrogen (secondary N) is 2. The van der Waals surface area contributed by atoms with Gasteiger partial charge in [0.15, 0.2) is 0 Å². The molecule has 20 heavy (non-hydrogen) atoms. The second-order valence-corrected chi connectivity index (χ2v) is 5.59. The highest BCUT2D eigenvalue weighted by atomic mass is 16.6. The van der Waals surface area contributed by atoms with Crippen LogP contribution in [0.25, 0.3) is 0 Å². The quantitative estimate of drug-likeness (QED) is 0.640. The molecule has 0 aromatic heterocycles. The van der Waals surface area contributed by atoms with Crippen molar-refractivity contribution in [2.45, 2.75) is 26.2 Å². The Morgan fingerprint density at radius 2 is 2.15 bits per heavy atom. The molecule has 0 saturated heterocycles. The molecule has 1 aromatic carbocycles. The lowest BCUT2D eigenvalue weighted by atomic mass is 9.70. The summed E-state index contributed by atoms with van der Waals surface area (Å²) in [4.78, 5) is 22.7. The van der Waals surface area contributed by atoms with Gasteiger partial charge in [0.1, 0.15) is 5.56 Å². The van der Waals surface area contributed by atoms with E-state index in [9.17, 15) is 14.9 Å². The number of carbonyl (C=O) groups excluding carboxylic acids is 1. The summed E-state index contributed by atoms with van der Waals surface area (Å²) in [5.41, 5.74) is 0.756. The molecule has 0 bridgehead atoms. The Balaban J connectivity index is 2.16. The zero-order chi connectivity index (χ0) is 14.8. The number of hydrogen-bond acceptors (Lipinski definition) is 4. The highest BCUT2D eigenvalue weighted by Gasteiger charge is 2.32. The smallest absolute Gasteiger partial charge is 0.282 e. The van der Waals surface area contributed by atoms with Crippen LogP contribution < -0.4 is 10.6 Å². The van der Waals surface area contributed by atoms with Crippen LogP contribution in [-0.4, -0.2) is 24.4 Å². The number of nitrogens with zero attached hydrogens (tertiary/aromatic N) is 1. The number of anilines is 1. The van der Waals surface area contributed by atoms with Gasteiger partial charge in [-0.15, -0.1) is 0 Å². The summed E-state index contributed by atoms with van der Waals surface area (Å²) in [6.45, 7) is 2.68. The van der Waals surface area contributed by atoms with Gasteiger partial charge in [-0.3, -0.25) is 14.9 Å². The minimum absolute atomic E-state index is 0.102. The van der Waals surface area contributed by atoms with Crippen molar-refractivity contribution in [3.63, 3.8) is 0 Å². The molecule has 0 unspecified atom stereocenters. The van der Waals surface area contributed by atoms with Crippen LogP contribution in [0, 0.1) is 15.5 Å². The van der Waals surface area contributed by atoms with Crippen LogP contribution in [0.1, 0.15) is 36.5 Å². The van der Waals surface area contributed by atoms with Gasteiger partial charge in [0.25, 0.3) is 11.6 Å². The average Bonchev–Trinajstić information content (AvgIpc) is 2.41. The minimum Gasteiger partial charge on any atom is -0.388 e. The number of nitro benzene ring substituents is 1. The van der Waals surface area contributed by atoms with E-state index in [1.165, 1.54) is 18.6 Å². The Kier molecular flexibility index (Phi) is 3.92. The number of rotatable bonds is 5. The van der Waals surface area contributed by atoms with Crippen LogP contribution >= 0.6 is 0 Å². The molecular formula is C14H19N3O3. The minimum atomic E-state index is -0.528. The average molecular weight is 277 g/mol. The Labute approximate surface area is 117 Å². The molecule has 0 radical (unpaired) electrons. The fourth-order valence-corrected chi connectivity index (χ4v) is 2.38. The Morgan fingerprint density at radius 1 is 1.45 bits per heavy atom. The first-order chi connectivity index (χ1) is 9.45. The monoisotopic (exact) mass is 277 g/mol. The molecule has 6 heteroatoms. The Morgan fingerprint density at radius 3 is 2.65 bits per heavy atom. The molecule has 0 spiro atoms. The zero-order valence-corrected chi connectivity index (χ0v) is 11.7. The summed E-state index contributed by atoms with van der Waals surface area (Å²) in [6.07, 6.45) is 3.36. The number of nitro groups is 1. The summed E-state index contributed by atoms with van der Waals surface area (Å²) >= 11 is 0. The molecule has 1 aliphatic carbocycles. The third kappa shape index (κ3) is 2.89.